The van der Waals surface area contributed by atoms with Crippen molar-refractivity contribution in [1.82, 2.24) is 4.90 Å². The van der Waals surface area contributed by atoms with E-state index in [-0.39, 0.29) is 17.4 Å². The zero-order valence-electron chi connectivity index (χ0n) is 16.9. The molecule has 2 saturated carbocycles. The van der Waals surface area contributed by atoms with Gasteiger partial charge in [-0.05, 0) is 81.4 Å². The average Bonchev–Trinajstić information content (AvgIpc) is 2.65. The number of nitrogens with zero attached hydrogens (tertiary/aromatic N) is 1. The molecular formula is C22H32N2O4. The first-order valence-electron chi connectivity index (χ1n) is 10.4. The molecule has 3 rings (SSSR count). The zero-order chi connectivity index (χ0) is 20.3. The normalized spacial score (nSPS) is 23.5. The number of carboxylic acids is 1. The summed E-state index contributed by atoms with van der Waals surface area (Å²) in [5.41, 5.74) is 7.48. The lowest BCUT2D eigenvalue weighted by molar-refractivity contribution is -0.136. The Labute approximate surface area is 167 Å². The topological polar surface area (TPSA) is 92.9 Å². The minimum atomic E-state index is -0.948. The van der Waals surface area contributed by atoms with E-state index in [1.54, 1.807) is 18.2 Å². The molecule has 0 spiro atoms. The SMILES string of the molecule is Cc1ccc(C(=O)O)cc1OCC1CCC([C@H](N)C(=O)N(C)C2CCC2)CC1. The summed E-state index contributed by atoms with van der Waals surface area (Å²) in [5, 5.41) is 9.14. The molecule has 154 valence electrons. The van der Waals surface area contributed by atoms with E-state index >= 15 is 0 Å². The van der Waals surface area contributed by atoms with Gasteiger partial charge in [0.1, 0.15) is 5.75 Å². The number of carbonyl (C=O) groups is 2. The number of hydrogen-bond donors (Lipinski definition) is 2. The van der Waals surface area contributed by atoms with Crippen LogP contribution in [0, 0.1) is 18.8 Å². The van der Waals surface area contributed by atoms with E-state index in [4.69, 9.17) is 15.6 Å². The monoisotopic (exact) mass is 388 g/mol. The molecule has 6 nitrogen and oxygen atoms in total. The van der Waals surface area contributed by atoms with Crippen molar-refractivity contribution in [2.24, 2.45) is 17.6 Å². The van der Waals surface area contributed by atoms with Crippen LogP contribution in [-0.2, 0) is 4.79 Å². The van der Waals surface area contributed by atoms with E-state index < -0.39 is 12.0 Å². The number of benzene rings is 1. The molecule has 6 heteroatoms. The summed E-state index contributed by atoms with van der Waals surface area (Å²) in [6, 6.07) is 4.94. The molecule has 1 aromatic rings. The Bertz CT molecular complexity index is 708. The summed E-state index contributed by atoms with van der Waals surface area (Å²) in [4.78, 5) is 25.6. The molecule has 0 unspecified atom stereocenters. The Kier molecular flexibility index (Phi) is 6.60. The highest BCUT2D eigenvalue weighted by Crippen LogP contribution is 2.33. The smallest absolute Gasteiger partial charge is 0.335 e. The summed E-state index contributed by atoms with van der Waals surface area (Å²) in [5.74, 6) is 0.427. The van der Waals surface area contributed by atoms with E-state index in [0.717, 1.165) is 44.1 Å². The van der Waals surface area contributed by atoms with Crippen molar-refractivity contribution >= 4 is 11.9 Å². The van der Waals surface area contributed by atoms with Crippen LogP contribution in [-0.4, -0.2) is 47.6 Å². The molecule has 0 bridgehead atoms. The van der Waals surface area contributed by atoms with E-state index in [1.165, 1.54) is 6.42 Å². The van der Waals surface area contributed by atoms with Gasteiger partial charge in [0.05, 0.1) is 18.2 Å². The lowest BCUT2D eigenvalue weighted by Crippen LogP contribution is -2.52. The number of rotatable bonds is 7. The highest BCUT2D eigenvalue weighted by Gasteiger charge is 2.34. The first kappa shape index (κ1) is 20.6. The third-order valence-electron chi connectivity index (χ3n) is 6.56. The second-order valence-electron chi connectivity index (χ2n) is 8.44. The van der Waals surface area contributed by atoms with E-state index in [0.29, 0.717) is 24.3 Å². The van der Waals surface area contributed by atoms with Crippen LogP contribution in [0.1, 0.15) is 60.9 Å². The molecule has 1 amide bonds. The van der Waals surface area contributed by atoms with Gasteiger partial charge in [-0.2, -0.15) is 0 Å². The third kappa shape index (κ3) is 4.66. The highest BCUT2D eigenvalue weighted by molar-refractivity contribution is 5.88. The summed E-state index contributed by atoms with van der Waals surface area (Å²) < 4.78 is 5.93. The van der Waals surface area contributed by atoms with Gasteiger partial charge in [-0.15, -0.1) is 0 Å². The molecule has 2 fully saturated rings. The number of amides is 1. The maximum atomic E-state index is 12.6. The molecule has 0 radical (unpaired) electrons. The van der Waals surface area contributed by atoms with Crippen molar-refractivity contribution in [2.75, 3.05) is 13.7 Å². The van der Waals surface area contributed by atoms with Crippen LogP contribution in [0.2, 0.25) is 0 Å². The lowest BCUT2D eigenvalue weighted by Gasteiger charge is -2.38. The van der Waals surface area contributed by atoms with Crippen LogP contribution in [0.25, 0.3) is 0 Å². The summed E-state index contributed by atoms with van der Waals surface area (Å²) in [6.07, 6.45) is 7.24. The Morgan fingerprint density at radius 2 is 1.89 bits per heavy atom. The zero-order valence-corrected chi connectivity index (χ0v) is 16.9. The second kappa shape index (κ2) is 8.95. The van der Waals surface area contributed by atoms with Gasteiger partial charge in [0.15, 0.2) is 0 Å². The Hall–Kier alpha value is -2.08. The number of ether oxygens (including phenoxy) is 1. The second-order valence-corrected chi connectivity index (χ2v) is 8.44. The summed E-state index contributed by atoms with van der Waals surface area (Å²) in [7, 11) is 1.89. The van der Waals surface area contributed by atoms with Crippen molar-refractivity contribution in [3.63, 3.8) is 0 Å². The molecule has 2 aliphatic rings. The fourth-order valence-corrected chi connectivity index (χ4v) is 4.20. The van der Waals surface area contributed by atoms with Crippen molar-refractivity contribution in [3.05, 3.63) is 29.3 Å². The number of aryl methyl sites for hydroxylation is 1. The molecule has 1 atom stereocenters. The van der Waals surface area contributed by atoms with Crippen LogP contribution in [0.3, 0.4) is 0 Å². The summed E-state index contributed by atoms with van der Waals surface area (Å²) >= 11 is 0. The average molecular weight is 389 g/mol. The van der Waals surface area contributed by atoms with Gasteiger partial charge in [-0.1, -0.05) is 6.07 Å². The maximum absolute atomic E-state index is 12.6. The third-order valence-corrected chi connectivity index (χ3v) is 6.56. The molecule has 0 aliphatic heterocycles. The van der Waals surface area contributed by atoms with Gasteiger partial charge >= 0.3 is 5.97 Å². The van der Waals surface area contributed by atoms with Gasteiger partial charge in [0.2, 0.25) is 5.91 Å². The quantitative estimate of drug-likeness (QED) is 0.748. The molecule has 0 saturated heterocycles. The molecule has 3 N–H and O–H groups in total. The van der Waals surface area contributed by atoms with Crippen LogP contribution in [0.15, 0.2) is 18.2 Å². The molecule has 1 aromatic carbocycles. The minimum Gasteiger partial charge on any atom is -0.493 e. The van der Waals surface area contributed by atoms with Crippen molar-refractivity contribution in [2.45, 2.75) is 64.0 Å². The van der Waals surface area contributed by atoms with Crippen LogP contribution in [0.5, 0.6) is 5.75 Å². The van der Waals surface area contributed by atoms with Gasteiger partial charge < -0.3 is 20.5 Å². The lowest BCUT2D eigenvalue weighted by atomic mass is 9.78. The number of carboxylic acid groups (broad SMARTS) is 1. The van der Waals surface area contributed by atoms with E-state index in [9.17, 15) is 9.59 Å². The largest absolute Gasteiger partial charge is 0.493 e. The van der Waals surface area contributed by atoms with Crippen LogP contribution >= 0.6 is 0 Å². The van der Waals surface area contributed by atoms with Crippen LogP contribution in [0.4, 0.5) is 0 Å². The Balaban J connectivity index is 1.47. The van der Waals surface area contributed by atoms with Gasteiger partial charge in [0.25, 0.3) is 0 Å². The number of aromatic carboxylic acids is 1. The van der Waals surface area contributed by atoms with Gasteiger partial charge in [-0.25, -0.2) is 4.79 Å². The predicted octanol–water partition coefficient (Wildman–Crippen LogP) is 3.22. The standard InChI is InChI=1S/C22H32N2O4/c1-14-6-9-17(22(26)27)12-19(14)28-13-15-7-10-16(11-8-15)20(23)21(25)24(2)18-4-3-5-18/h6,9,12,15-16,18,20H,3-5,7-8,10-11,13,23H2,1-2H3,(H,26,27)/t15?,16?,20-/m0/s1. The first-order valence-corrected chi connectivity index (χ1v) is 10.4. The van der Waals surface area contributed by atoms with E-state index in [2.05, 4.69) is 0 Å². The Morgan fingerprint density at radius 3 is 2.46 bits per heavy atom. The minimum absolute atomic E-state index is 0.0884. The maximum Gasteiger partial charge on any atom is 0.335 e. The predicted molar refractivity (Wildman–Crippen MR) is 107 cm³/mol. The first-order chi connectivity index (χ1) is 13.4. The Morgan fingerprint density at radius 1 is 1.21 bits per heavy atom. The molecule has 0 heterocycles. The highest BCUT2D eigenvalue weighted by atomic mass is 16.5. The number of likely N-dealkylation sites (N-methyl/N-ethyl adjacent to an activating group) is 1. The van der Waals surface area contributed by atoms with Crippen molar-refractivity contribution in [3.8, 4) is 5.75 Å². The number of carbonyl (C=O) groups excluding carboxylic acids is 1. The molecular weight excluding hydrogens is 356 g/mol. The van der Waals surface area contributed by atoms with Crippen LogP contribution < -0.4 is 10.5 Å². The summed E-state index contributed by atoms with van der Waals surface area (Å²) in [6.45, 7) is 2.49. The van der Waals surface area contributed by atoms with Gasteiger partial charge in [0, 0.05) is 13.1 Å². The van der Waals surface area contributed by atoms with Crippen molar-refractivity contribution in [1.29, 1.82) is 0 Å². The molecule has 28 heavy (non-hydrogen) atoms. The van der Waals surface area contributed by atoms with Crippen molar-refractivity contribution < 1.29 is 19.4 Å². The fourth-order valence-electron chi connectivity index (χ4n) is 4.20. The van der Waals surface area contributed by atoms with Gasteiger partial charge in [-0.3, -0.25) is 4.79 Å². The number of hydrogen-bond acceptors (Lipinski definition) is 4. The fraction of sp³-hybridized carbons (Fsp3) is 0.636. The molecule has 2 aliphatic carbocycles. The number of nitrogens with two attached hydrogens (primary N) is 1. The van der Waals surface area contributed by atoms with E-state index in [1.807, 2.05) is 18.9 Å². The molecule has 0 aromatic heterocycles.